The number of hydrogen-bond acceptors (Lipinski definition) is 3. The zero-order valence-electron chi connectivity index (χ0n) is 12.6. The van der Waals surface area contributed by atoms with Crippen LogP contribution in [0.3, 0.4) is 0 Å². The lowest BCUT2D eigenvalue weighted by molar-refractivity contribution is -0.0917. The number of carbonyl (C=O) groups excluding carboxylic acids is 1. The Kier molecular flexibility index (Phi) is 5.12. The van der Waals surface area contributed by atoms with Crippen molar-refractivity contribution < 1.29 is 9.53 Å². The minimum Gasteiger partial charge on any atom is -0.398 e. The zero-order chi connectivity index (χ0) is 15.5. The maximum absolute atomic E-state index is 12.3. The van der Waals surface area contributed by atoms with Crippen molar-refractivity contribution in [2.75, 3.05) is 12.3 Å². The Balaban J connectivity index is 2.03. The van der Waals surface area contributed by atoms with Crippen molar-refractivity contribution in [1.82, 2.24) is 5.32 Å². The number of hydrogen-bond donors (Lipinski definition) is 2. The molecule has 0 saturated carbocycles. The van der Waals surface area contributed by atoms with Gasteiger partial charge in [0.15, 0.2) is 0 Å². The van der Waals surface area contributed by atoms with Crippen molar-refractivity contribution in [3.05, 3.63) is 28.8 Å². The van der Waals surface area contributed by atoms with Crippen molar-refractivity contribution in [3.8, 4) is 0 Å². The van der Waals surface area contributed by atoms with Crippen LogP contribution in [0.2, 0.25) is 5.02 Å². The molecule has 1 aliphatic heterocycles. The molecule has 1 aromatic rings. The fourth-order valence-electron chi connectivity index (χ4n) is 2.85. The Morgan fingerprint density at radius 3 is 2.81 bits per heavy atom. The molecule has 0 aliphatic carbocycles. The predicted octanol–water partition coefficient (Wildman–Crippen LogP) is 3.39. The van der Waals surface area contributed by atoms with Crippen molar-refractivity contribution in [1.29, 1.82) is 0 Å². The van der Waals surface area contributed by atoms with Gasteiger partial charge in [0.25, 0.3) is 5.91 Å². The third kappa shape index (κ3) is 3.69. The SMILES string of the molecule is CCC1(CC)CC(NC(=O)c2ccc(Cl)c(N)c2)CCO1. The second kappa shape index (κ2) is 6.67. The summed E-state index contributed by atoms with van der Waals surface area (Å²) in [6.07, 6.45) is 3.62. The van der Waals surface area contributed by atoms with E-state index in [9.17, 15) is 4.79 Å². The Bertz CT molecular complexity index is 515. The summed E-state index contributed by atoms with van der Waals surface area (Å²) < 4.78 is 5.93. The summed E-state index contributed by atoms with van der Waals surface area (Å²) in [5, 5.41) is 3.55. The van der Waals surface area contributed by atoms with Crippen LogP contribution in [-0.2, 0) is 4.74 Å². The van der Waals surface area contributed by atoms with E-state index in [-0.39, 0.29) is 17.6 Å². The molecule has 1 heterocycles. The summed E-state index contributed by atoms with van der Waals surface area (Å²) in [6, 6.07) is 5.10. The van der Waals surface area contributed by atoms with Gasteiger partial charge in [-0.25, -0.2) is 0 Å². The van der Waals surface area contributed by atoms with Crippen LogP contribution in [0, 0.1) is 0 Å². The predicted molar refractivity (Wildman–Crippen MR) is 85.6 cm³/mol. The van der Waals surface area contributed by atoms with Crippen LogP contribution >= 0.6 is 11.6 Å². The maximum atomic E-state index is 12.3. The van der Waals surface area contributed by atoms with Gasteiger partial charge in [0.1, 0.15) is 0 Å². The molecule has 4 nitrogen and oxygen atoms in total. The van der Waals surface area contributed by atoms with Gasteiger partial charge in [-0.1, -0.05) is 25.4 Å². The van der Waals surface area contributed by atoms with Gasteiger partial charge in [0, 0.05) is 18.2 Å². The van der Waals surface area contributed by atoms with Gasteiger partial charge in [-0.3, -0.25) is 4.79 Å². The molecule has 3 N–H and O–H groups in total. The fourth-order valence-corrected chi connectivity index (χ4v) is 2.96. The highest BCUT2D eigenvalue weighted by Crippen LogP contribution is 2.31. The molecular weight excluding hydrogens is 288 g/mol. The number of nitrogens with two attached hydrogens (primary N) is 1. The number of benzene rings is 1. The van der Waals surface area contributed by atoms with Gasteiger partial charge in [-0.2, -0.15) is 0 Å². The van der Waals surface area contributed by atoms with Gasteiger partial charge >= 0.3 is 0 Å². The molecule has 1 saturated heterocycles. The first-order valence-corrected chi connectivity index (χ1v) is 7.87. The summed E-state index contributed by atoms with van der Waals surface area (Å²) in [6.45, 7) is 4.95. The van der Waals surface area contributed by atoms with E-state index in [0.717, 1.165) is 25.7 Å². The number of carbonyl (C=O) groups is 1. The van der Waals surface area contributed by atoms with Crippen molar-refractivity contribution in [3.63, 3.8) is 0 Å². The van der Waals surface area contributed by atoms with E-state index in [4.69, 9.17) is 22.1 Å². The first kappa shape index (κ1) is 16.1. The largest absolute Gasteiger partial charge is 0.398 e. The molecule has 21 heavy (non-hydrogen) atoms. The van der Waals surface area contributed by atoms with Crippen LogP contribution in [0.25, 0.3) is 0 Å². The molecule has 1 aliphatic rings. The number of nitrogen functional groups attached to an aromatic ring is 1. The average Bonchev–Trinajstić information content (AvgIpc) is 2.50. The zero-order valence-corrected chi connectivity index (χ0v) is 13.4. The third-order valence-corrected chi connectivity index (χ3v) is 4.72. The fraction of sp³-hybridized carbons (Fsp3) is 0.562. The second-order valence-corrected chi connectivity index (χ2v) is 6.05. The number of ether oxygens (including phenoxy) is 1. The van der Waals surface area contributed by atoms with E-state index < -0.39 is 0 Å². The van der Waals surface area contributed by atoms with Gasteiger partial charge < -0.3 is 15.8 Å². The minimum absolute atomic E-state index is 0.102. The number of halogens is 1. The summed E-state index contributed by atoms with van der Waals surface area (Å²) in [5.74, 6) is -0.105. The first-order chi connectivity index (χ1) is 9.99. The normalized spacial score (nSPS) is 21.0. The van der Waals surface area contributed by atoms with E-state index in [2.05, 4.69) is 19.2 Å². The van der Waals surface area contributed by atoms with E-state index in [0.29, 0.717) is 22.9 Å². The van der Waals surface area contributed by atoms with Crippen LogP contribution < -0.4 is 11.1 Å². The highest BCUT2D eigenvalue weighted by atomic mass is 35.5. The molecule has 0 spiro atoms. The Morgan fingerprint density at radius 1 is 1.48 bits per heavy atom. The van der Waals surface area contributed by atoms with E-state index in [1.807, 2.05) is 0 Å². The lowest BCUT2D eigenvalue weighted by Crippen LogP contribution is -2.48. The highest BCUT2D eigenvalue weighted by Gasteiger charge is 2.35. The third-order valence-electron chi connectivity index (χ3n) is 4.38. The van der Waals surface area contributed by atoms with E-state index in [1.54, 1.807) is 18.2 Å². The monoisotopic (exact) mass is 310 g/mol. The Hall–Kier alpha value is -1.26. The van der Waals surface area contributed by atoms with Gasteiger partial charge in [0.2, 0.25) is 0 Å². The van der Waals surface area contributed by atoms with Crippen LogP contribution in [0.5, 0.6) is 0 Å². The van der Waals surface area contributed by atoms with Crippen molar-refractivity contribution >= 4 is 23.2 Å². The summed E-state index contributed by atoms with van der Waals surface area (Å²) in [5.41, 5.74) is 6.61. The van der Waals surface area contributed by atoms with E-state index in [1.165, 1.54) is 0 Å². The van der Waals surface area contributed by atoms with Crippen LogP contribution in [0.4, 0.5) is 5.69 Å². The quantitative estimate of drug-likeness (QED) is 0.838. The molecule has 1 amide bonds. The topological polar surface area (TPSA) is 64.4 Å². The van der Waals surface area contributed by atoms with Gasteiger partial charge in [-0.05, 0) is 43.9 Å². The maximum Gasteiger partial charge on any atom is 0.251 e. The summed E-state index contributed by atoms with van der Waals surface area (Å²) >= 11 is 5.88. The number of rotatable bonds is 4. The lowest BCUT2D eigenvalue weighted by atomic mass is 9.86. The molecule has 0 aromatic heterocycles. The molecule has 0 bridgehead atoms. The standard InChI is InChI=1S/C16H23ClN2O2/c1-3-16(4-2)10-12(7-8-21-16)19-15(20)11-5-6-13(17)14(18)9-11/h5-6,9,12H,3-4,7-8,10,18H2,1-2H3,(H,19,20). The molecule has 1 atom stereocenters. The minimum atomic E-state index is -0.105. The second-order valence-electron chi connectivity index (χ2n) is 5.64. The number of anilines is 1. The lowest BCUT2D eigenvalue weighted by Gasteiger charge is -2.40. The molecule has 116 valence electrons. The Labute approximate surface area is 131 Å². The van der Waals surface area contributed by atoms with Crippen LogP contribution in [-0.4, -0.2) is 24.2 Å². The first-order valence-electron chi connectivity index (χ1n) is 7.49. The molecular formula is C16H23ClN2O2. The molecule has 2 rings (SSSR count). The van der Waals surface area contributed by atoms with E-state index >= 15 is 0 Å². The molecule has 1 fully saturated rings. The average molecular weight is 311 g/mol. The summed E-state index contributed by atoms with van der Waals surface area (Å²) in [7, 11) is 0. The summed E-state index contributed by atoms with van der Waals surface area (Å²) in [4.78, 5) is 12.3. The van der Waals surface area contributed by atoms with Crippen LogP contribution in [0.1, 0.15) is 49.9 Å². The van der Waals surface area contributed by atoms with Crippen molar-refractivity contribution in [2.45, 2.75) is 51.2 Å². The smallest absolute Gasteiger partial charge is 0.251 e. The molecule has 0 radical (unpaired) electrons. The van der Waals surface area contributed by atoms with Gasteiger partial charge in [-0.15, -0.1) is 0 Å². The molecule has 5 heteroatoms. The Morgan fingerprint density at radius 2 is 2.19 bits per heavy atom. The van der Waals surface area contributed by atoms with Crippen LogP contribution in [0.15, 0.2) is 18.2 Å². The van der Waals surface area contributed by atoms with Crippen molar-refractivity contribution in [2.24, 2.45) is 0 Å². The molecule has 1 unspecified atom stereocenters. The molecule has 1 aromatic carbocycles. The highest BCUT2D eigenvalue weighted by molar-refractivity contribution is 6.33. The van der Waals surface area contributed by atoms with Gasteiger partial charge in [0.05, 0.1) is 16.3 Å². The number of amides is 1. The number of nitrogens with one attached hydrogen (secondary N) is 1.